The van der Waals surface area contributed by atoms with Crippen LogP contribution in [0.1, 0.15) is 51.9 Å². The first kappa shape index (κ1) is 19.1. The van der Waals surface area contributed by atoms with Gasteiger partial charge in [0, 0.05) is 18.4 Å². The molecular formula is C15H24O6. The fourth-order valence-corrected chi connectivity index (χ4v) is 1.47. The maximum atomic E-state index is 11.3. The van der Waals surface area contributed by atoms with Crippen molar-refractivity contribution < 1.29 is 29.0 Å². The lowest BCUT2D eigenvalue weighted by molar-refractivity contribution is -0.144. The Hall–Kier alpha value is -1.85. The van der Waals surface area contributed by atoms with Crippen molar-refractivity contribution in [1.82, 2.24) is 0 Å². The zero-order valence-corrected chi connectivity index (χ0v) is 12.6. The highest BCUT2D eigenvalue weighted by Gasteiger charge is 2.04. The molecule has 6 nitrogen and oxygen atoms in total. The van der Waals surface area contributed by atoms with E-state index < -0.39 is 11.9 Å². The van der Waals surface area contributed by atoms with Crippen LogP contribution in [-0.4, -0.2) is 36.2 Å². The van der Waals surface area contributed by atoms with Gasteiger partial charge in [-0.2, -0.15) is 0 Å². The van der Waals surface area contributed by atoms with E-state index in [0.717, 1.165) is 0 Å². The van der Waals surface area contributed by atoms with Crippen molar-refractivity contribution in [3.63, 3.8) is 0 Å². The maximum absolute atomic E-state index is 11.3. The number of esters is 2. The molecular weight excluding hydrogens is 276 g/mol. The van der Waals surface area contributed by atoms with E-state index in [4.69, 9.17) is 14.6 Å². The molecule has 1 N–H and O–H groups in total. The molecule has 0 saturated carbocycles. The van der Waals surface area contributed by atoms with Gasteiger partial charge in [-0.05, 0) is 32.6 Å². The van der Waals surface area contributed by atoms with Gasteiger partial charge in [-0.15, -0.1) is 0 Å². The minimum absolute atomic E-state index is 0.137. The SMILES string of the molecule is C=C(C)C(=O)OCCCCOC(=O)CCCCCC(=O)O. The highest BCUT2D eigenvalue weighted by molar-refractivity contribution is 5.86. The van der Waals surface area contributed by atoms with Gasteiger partial charge >= 0.3 is 17.9 Å². The number of hydrogen-bond acceptors (Lipinski definition) is 5. The molecule has 0 aliphatic rings. The number of ether oxygens (including phenoxy) is 2. The van der Waals surface area contributed by atoms with Gasteiger partial charge in [-0.25, -0.2) is 4.79 Å². The summed E-state index contributed by atoms with van der Waals surface area (Å²) < 4.78 is 9.91. The Morgan fingerprint density at radius 1 is 0.905 bits per heavy atom. The topological polar surface area (TPSA) is 89.9 Å². The second-order valence-electron chi connectivity index (χ2n) is 4.80. The molecule has 0 atom stereocenters. The van der Waals surface area contributed by atoms with Gasteiger partial charge < -0.3 is 14.6 Å². The van der Waals surface area contributed by atoms with E-state index in [-0.39, 0.29) is 12.4 Å². The molecule has 0 saturated heterocycles. The van der Waals surface area contributed by atoms with Crippen molar-refractivity contribution in [2.24, 2.45) is 0 Å². The summed E-state index contributed by atoms with van der Waals surface area (Å²) in [6, 6.07) is 0. The summed E-state index contributed by atoms with van der Waals surface area (Å²) >= 11 is 0. The van der Waals surface area contributed by atoms with E-state index in [1.807, 2.05) is 0 Å². The number of hydrogen-bond donors (Lipinski definition) is 1. The number of aliphatic carboxylic acids is 1. The number of rotatable bonds is 12. The molecule has 0 aliphatic carbocycles. The fraction of sp³-hybridized carbons (Fsp3) is 0.667. The first-order chi connectivity index (χ1) is 9.93. The zero-order chi connectivity index (χ0) is 16.1. The van der Waals surface area contributed by atoms with Crippen LogP contribution in [0.3, 0.4) is 0 Å². The second-order valence-corrected chi connectivity index (χ2v) is 4.80. The maximum Gasteiger partial charge on any atom is 0.333 e. The first-order valence-corrected chi connectivity index (χ1v) is 7.13. The van der Waals surface area contributed by atoms with Crippen LogP contribution in [0.5, 0.6) is 0 Å². The second kappa shape index (κ2) is 11.9. The van der Waals surface area contributed by atoms with Gasteiger partial charge in [0.05, 0.1) is 13.2 Å². The third-order valence-corrected chi connectivity index (χ3v) is 2.65. The minimum atomic E-state index is -0.815. The molecule has 0 aliphatic heterocycles. The van der Waals surface area contributed by atoms with E-state index in [0.29, 0.717) is 57.3 Å². The van der Waals surface area contributed by atoms with E-state index in [1.54, 1.807) is 6.92 Å². The molecule has 0 spiro atoms. The molecule has 0 bridgehead atoms. The van der Waals surface area contributed by atoms with Crippen molar-refractivity contribution in [3.05, 3.63) is 12.2 Å². The third-order valence-electron chi connectivity index (χ3n) is 2.65. The molecule has 0 aromatic heterocycles. The number of carbonyl (C=O) groups is 3. The average molecular weight is 300 g/mol. The molecule has 0 aromatic carbocycles. The smallest absolute Gasteiger partial charge is 0.333 e. The normalized spacial score (nSPS) is 9.95. The average Bonchev–Trinajstić information content (AvgIpc) is 2.41. The summed E-state index contributed by atoms with van der Waals surface area (Å²) in [5.41, 5.74) is 0.365. The lowest BCUT2D eigenvalue weighted by Gasteiger charge is -2.06. The summed E-state index contributed by atoms with van der Waals surface area (Å²) in [4.78, 5) is 32.7. The van der Waals surface area contributed by atoms with Crippen LogP contribution in [0.15, 0.2) is 12.2 Å². The Morgan fingerprint density at radius 3 is 2.05 bits per heavy atom. The first-order valence-electron chi connectivity index (χ1n) is 7.13. The minimum Gasteiger partial charge on any atom is -0.481 e. The van der Waals surface area contributed by atoms with Crippen molar-refractivity contribution in [2.75, 3.05) is 13.2 Å². The molecule has 0 fully saturated rings. The van der Waals surface area contributed by atoms with Crippen LogP contribution in [0.2, 0.25) is 0 Å². The molecule has 0 aromatic rings. The Balaban J connectivity index is 3.36. The quantitative estimate of drug-likeness (QED) is 0.338. The standard InChI is InChI=1S/C15H24O6/c1-12(2)15(19)21-11-7-6-10-20-14(18)9-5-3-4-8-13(16)17/h1,3-11H2,2H3,(H,16,17). The summed E-state index contributed by atoms with van der Waals surface area (Å²) in [5.74, 6) is -1.50. The van der Waals surface area contributed by atoms with E-state index >= 15 is 0 Å². The van der Waals surface area contributed by atoms with Crippen LogP contribution < -0.4 is 0 Å². The lowest BCUT2D eigenvalue weighted by atomic mass is 10.1. The van der Waals surface area contributed by atoms with Crippen molar-refractivity contribution in [3.8, 4) is 0 Å². The third kappa shape index (κ3) is 12.9. The number of unbranched alkanes of at least 4 members (excludes halogenated alkanes) is 3. The Kier molecular flexibility index (Phi) is 10.9. The number of carboxylic acids is 1. The van der Waals surface area contributed by atoms with E-state index in [2.05, 4.69) is 6.58 Å². The van der Waals surface area contributed by atoms with Gasteiger partial charge in [0.2, 0.25) is 0 Å². The molecule has 0 radical (unpaired) electrons. The highest BCUT2D eigenvalue weighted by Crippen LogP contribution is 2.04. The number of carbonyl (C=O) groups excluding carboxylic acids is 2. The highest BCUT2D eigenvalue weighted by atomic mass is 16.5. The van der Waals surface area contributed by atoms with Crippen LogP contribution in [0.25, 0.3) is 0 Å². The van der Waals surface area contributed by atoms with Crippen molar-refractivity contribution in [2.45, 2.75) is 51.9 Å². The molecule has 0 unspecified atom stereocenters. The largest absolute Gasteiger partial charge is 0.481 e. The molecule has 120 valence electrons. The van der Waals surface area contributed by atoms with Crippen LogP contribution in [0, 0.1) is 0 Å². The Morgan fingerprint density at radius 2 is 1.48 bits per heavy atom. The van der Waals surface area contributed by atoms with Gasteiger partial charge in [0.25, 0.3) is 0 Å². The van der Waals surface area contributed by atoms with Crippen LogP contribution in [0.4, 0.5) is 0 Å². The van der Waals surface area contributed by atoms with Gasteiger partial charge in [0.1, 0.15) is 0 Å². The molecule has 6 heteroatoms. The fourth-order valence-electron chi connectivity index (χ4n) is 1.47. The summed E-state index contributed by atoms with van der Waals surface area (Å²) in [7, 11) is 0. The molecule has 0 heterocycles. The van der Waals surface area contributed by atoms with Gasteiger partial charge in [-0.3, -0.25) is 9.59 Å². The molecule has 21 heavy (non-hydrogen) atoms. The van der Waals surface area contributed by atoms with E-state index in [1.165, 1.54) is 0 Å². The van der Waals surface area contributed by atoms with Crippen molar-refractivity contribution >= 4 is 17.9 Å². The summed E-state index contributed by atoms with van der Waals surface area (Å²) in [5, 5.41) is 8.45. The van der Waals surface area contributed by atoms with E-state index in [9.17, 15) is 14.4 Å². The summed E-state index contributed by atoms with van der Waals surface area (Å²) in [6.07, 6.45) is 3.64. The Labute approximate surface area is 125 Å². The zero-order valence-electron chi connectivity index (χ0n) is 12.6. The predicted octanol–water partition coefficient (Wildman–Crippen LogP) is 2.46. The Bertz CT molecular complexity index is 361. The molecule has 0 amide bonds. The predicted molar refractivity (Wildman–Crippen MR) is 76.7 cm³/mol. The monoisotopic (exact) mass is 300 g/mol. The lowest BCUT2D eigenvalue weighted by Crippen LogP contribution is -2.09. The number of carboxylic acid groups (broad SMARTS) is 1. The van der Waals surface area contributed by atoms with Crippen molar-refractivity contribution in [1.29, 1.82) is 0 Å². The summed E-state index contributed by atoms with van der Waals surface area (Å²) in [6.45, 7) is 5.65. The van der Waals surface area contributed by atoms with Gasteiger partial charge in [0.15, 0.2) is 0 Å². The van der Waals surface area contributed by atoms with Gasteiger partial charge in [-0.1, -0.05) is 13.0 Å². The molecule has 0 rings (SSSR count). The van der Waals surface area contributed by atoms with Crippen LogP contribution >= 0.6 is 0 Å². The van der Waals surface area contributed by atoms with Crippen LogP contribution in [-0.2, 0) is 23.9 Å².